The summed E-state index contributed by atoms with van der Waals surface area (Å²) in [6.45, 7) is 0.589. The van der Waals surface area contributed by atoms with Gasteiger partial charge in [-0.05, 0) is 18.6 Å². The van der Waals surface area contributed by atoms with Crippen molar-refractivity contribution in [1.29, 1.82) is 0 Å². The minimum atomic E-state index is -0.435. The monoisotopic (exact) mass is 241 g/mol. The SMILES string of the molecule is Nc1cc(=O)[nH]c(=O)n1CC1CCCCS1. The van der Waals surface area contributed by atoms with Gasteiger partial charge in [0.15, 0.2) is 0 Å². The average molecular weight is 241 g/mol. The maximum atomic E-state index is 11.6. The maximum Gasteiger partial charge on any atom is 0.329 e. The topological polar surface area (TPSA) is 80.9 Å². The minimum absolute atomic E-state index is 0.250. The lowest BCUT2D eigenvalue weighted by atomic mass is 10.2. The molecule has 1 aliphatic heterocycles. The van der Waals surface area contributed by atoms with Gasteiger partial charge in [-0.2, -0.15) is 11.8 Å². The summed E-state index contributed by atoms with van der Waals surface area (Å²) in [5, 5.41) is 0.430. The first-order valence-electron chi connectivity index (χ1n) is 5.38. The quantitative estimate of drug-likeness (QED) is 0.785. The Hall–Kier alpha value is -1.17. The summed E-state index contributed by atoms with van der Waals surface area (Å²) in [4.78, 5) is 24.8. The lowest BCUT2D eigenvalue weighted by molar-refractivity contribution is 0.567. The summed E-state index contributed by atoms with van der Waals surface area (Å²) in [5.74, 6) is 1.39. The van der Waals surface area contributed by atoms with Gasteiger partial charge >= 0.3 is 5.69 Å². The van der Waals surface area contributed by atoms with Crippen molar-refractivity contribution < 1.29 is 0 Å². The number of nitrogens with zero attached hydrogens (tertiary/aromatic N) is 1. The molecule has 1 fully saturated rings. The zero-order valence-electron chi connectivity index (χ0n) is 8.94. The van der Waals surface area contributed by atoms with E-state index in [9.17, 15) is 9.59 Å². The fourth-order valence-electron chi connectivity index (χ4n) is 1.88. The van der Waals surface area contributed by atoms with Crippen LogP contribution in [-0.4, -0.2) is 20.6 Å². The zero-order chi connectivity index (χ0) is 11.5. The molecule has 5 nitrogen and oxygen atoms in total. The fourth-order valence-corrected chi connectivity index (χ4v) is 3.17. The molecule has 6 heteroatoms. The van der Waals surface area contributed by atoms with Crippen LogP contribution in [0.3, 0.4) is 0 Å². The van der Waals surface area contributed by atoms with Gasteiger partial charge in [-0.3, -0.25) is 14.3 Å². The highest BCUT2D eigenvalue weighted by atomic mass is 32.2. The Morgan fingerprint density at radius 1 is 1.50 bits per heavy atom. The van der Waals surface area contributed by atoms with E-state index < -0.39 is 11.2 Å². The number of nitrogens with one attached hydrogen (secondary N) is 1. The van der Waals surface area contributed by atoms with Gasteiger partial charge in [0, 0.05) is 17.9 Å². The van der Waals surface area contributed by atoms with Gasteiger partial charge in [0.25, 0.3) is 5.56 Å². The third kappa shape index (κ3) is 2.49. The first kappa shape index (κ1) is 11.3. The van der Waals surface area contributed by atoms with Gasteiger partial charge in [-0.15, -0.1) is 0 Å². The van der Waals surface area contributed by atoms with Crippen LogP contribution in [0.25, 0.3) is 0 Å². The van der Waals surface area contributed by atoms with Gasteiger partial charge < -0.3 is 5.73 Å². The highest BCUT2D eigenvalue weighted by Crippen LogP contribution is 2.26. The Bertz CT molecular complexity index is 474. The molecule has 0 bridgehead atoms. The van der Waals surface area contributed by atoms with Crippen LogP contribution < -0.4 is 17.0 Å². The van der Waals surface area contributed by atoms with E-state index in [1.807, 2.05) is 11.8 Å². The van der Waals surface area contributed by atoms with E-state index >= 15 is 0 Å². The lowest BCUT2D eigenvalue weighted by Gasteiger charge is -2.22. The molecule has 1 saturated heterocycles. The number of rotatable bonds is 2. The Labute approximate surface area is 97.1 Å². The van der Waals surface area contributed by atoms with E-state index in [2.05, 4.69) is 4.98 Å². The highest BCUT2D eigenvalue weighted by Gasteiger charge is 2.16. The molecule has 0 aromatic carbocycles. The predicted molar refractivity (Wildman–Crippen MR) is 65.8 cm³/mol. The van der Waals surface area contributed by atoms with Crippen molar-refractivity contribution >= 4 is 17.6 Å². The van der Waals surface area contributed by atoms with E-state index in [0.29, 0.717) is 11.8 Å². The van der Waals surface area contributed by atoms with Gasteiger partial charge in [0.1, 0.15) is 5.82 Å². The fraction of sp³-hybridized carbons (Fsp3) is 0.600. The third-order valence-electron chi connectivity index (χ3n) is 2.73. The Morgan fingerprint density at radius 2 is 2.31 bits per heavy atom. The minimum Gasteiger partial charge on any atom is -0.385 e. The number of aromatic amines is 1. The van der Waals surface area contributed by atoms with Crippen LogP contribution in [0.5, 0.6) is 0 Å². The molecule has 2 rings (SSSR count). The summed E-state index contributed by atoms with van der Waals surface area (Å²) >= 11 is 1.87. The maximum absolute atomic E-state index is 11.6. The summed E-state index contributed by atoms with van der Waals surface area (Å²) in [6, 6.07) is 1.26. The van der Waals surface area contributed by atoms with E-state index in [-0.39, 0.29) is 5.82 Å². The number of anilines is 1. The van der Waals surface area contributed by atoms with Crippen molar-refractivity contribution in [3.8, 4) is 0 Å². The number of hydrogen-bond acceptors (Lipinski definition) is 4. The van der Waals surface area contributed by atoms with Crippen LogP contribution in [0.2, 0.25) is 0 Å². The zero-order valence-corrected chi connectivity index (χ0v) is 9.76. The van der Waals surface area contributed by atoms with E-state index in [4.69, 9.17) is 5.73 Å². The Balaban J connectivity index is 2.20. The van der Waals surface area contributed by atoms with Crippen LogP contribution in [0.4, 0.5) is 5.82 Å². The molecule has 0 aliphatic carbocycles. The van der Waals surface area contributed by atoms with Crippen LogP contribution in [0.1, 0.15) is 19.3 Å². The van der Waals surface area contributed by atoms with E-state index in [0.717, 1.165) is 12.2 Å². The van der Waals surface area contributed by atoms with Crippen LogP contribution in [0.15, 0.2) is 15.7 Å². The highest BCUT2D eigenvalue weighted by molar-refractivity contribution is 7.99. The van der Waals surface area contributed by atoms with Gasteiger partial charge in [-0.25, -0.2) is 4.79 Å². The predicted octanol–water partition coefficient (Wildman–Crippen LogP) is 0.404. The van der Waals surface area contributed by atoms with Gasteiger partial charge in [0.2, 0.25) is 0 Å². The van der Waals surface area contributed by atoms with Gasteiger partial charge in [-0.1, -0.05) is 6.42 Å². The second kappa shape index (κ2) is 4.78. The molecule has 16 heavy (non-hydrogen) atoms. The van der Waals surface area contributed by atoms with Crippen molar-refractivity contribution in [2.24, 2.45) is 0 Å². The first-order chi connectivity index (χ1) is 7.66. The van der Waals surface area contributed by atoms with Crippen LogP contribution in [-0.2, 0) is 6.54 Å². The molecular weight excluding hydrogens is 226 g/mol. The molecule has 0 amide bonds. The molecule has 1 aliphatic rings. The number of nitrogen functional groups attached to an aromatic ring is 1. The standard InChI is InChI=1S/C10H15N3O2S/c11-8-5-9(14)12-10(15)13(8)6-7-3-1-2-4-16-7/h5,7H,1-4,6,11H2,(H,12,14,15). The van der Waals surface area contributed by atoms with Gasteiger partial charge in [0.05, 0.1) is 0 Å². The molecule has 2 heterocycles. The molecule has 1 unspecified atom stereocenters. The normalized spacial score (nSPS) is 20.9. The molecular formula is C10H15N3O2S. The van der Waals surface area contributed by atoms with Crippen molar-refractivity contribution in [1.82, 2.24) is 9.55 Å². The second-order valence-electron chi connectivity index (χ2n) is 3.96. The number of nitrogens with two attached hydrogens (primary N) is 1. The summed E-state index contributed by atoms with van der Waals surface area (Å²) in [6.07, 6.45) is 3.56. The molecule has 1 aromatic rings. The second-order valence-corrected chi connectivity index (χ2v) is 5.37. The lowest BCUT2D eigenvalue weighted by Crippen LogP contribution is -2.34. The molecule has 3 N–H and O–H groups in total. The smallest absolute Gasteiger partial charge is 0.329 e. The summed E-state index contributed by atoms with van der Waals surface area (Å²) in [5.41, 5.74) is 4.83. The van der Waals surface area contributed by atoms with E-state index in [1.54, 1.807) is 0 Å². The number of aromatic nitrogens is 2. The van der Waals surface area contributed by atoms with Crippen LogP contribution in [0, 0.1) is 0 Å². The number of hydrogen-bond donors (Lipinski definition) is 2. The number of H-pyrrole nitrogens is 1. The molecule has 0 saturated carbocycles. The van der Waals surface area contributed by atoms with E-state index in [1.165, 1.54) is 23.5 Å². The largest absolute Gasteiger partial charge is 0.385 e. The van der Waals surface area contributed by atoms with Crippen molar-refractivity contribution in [3.05, 3.63) is 26.9 Å². The molecule has 0 radical (unpaired) electrons. The Morgan fingerprint density at radius 3 is 2.94 bits per heavy atom. The van der Waals surface area contributed by atoms with Crippen molar-refractivity contribution in [2.75, 3.05) is 11.5 Å². The Kier molecular flexibility index (Phi) is 3.38. The molecule has 1 atom stereocenters. The number of thioether (sulfide) groups is 1. The third-order valence-corrected chi connectivity index (χ3v) is 4.11. The van der Waals surface area contributed by atoms with Crippen molar-refractivity contribution in [2.45, 2.75) is 31.1 Å². The average Bonchev–Trinajstić information content (AvgIpc) is 2.25. The summed E-state index contributed by atoms with van der Waals surface area (Å²) in [7, 11) is 0. The summed E-state index contributed by atoms with van der Waals surface area (Å²) < 4.78 is 1.45. The van der Waals surface area contributed by atoms with Crippen LogP contribution >= 0.6 is 11.8 Å². The molecule has 1 aromatic heterocycles. The molecule has 88 valence electrons. The van der Waals surface area contributed by atoms with Crippen molar-refractivity contribution in [3.63, 3.8) is 0 Å². The molecule has 0 spiro atoms. The first-order valence-corrected chi connectivity index (χ1v) is 6.43.